The minimum absolute atomic E-state index is 0.0347. The quantitative estimate of drug-likeness (QED) is 0.616. The number of carbonyl (C=O) groups excluding carboxylic acids is 1. The zero-order valence-electron chi connectivity index (χ0n) is 13.7. The van der Waals surface area contributed by atoms with E-state index in [2.05, 4.69) is 0 Å². The zero-order valence-corrected chi connectivity index (χ0v) is 15.2. The van der Waals surface area contributed by atoms with Crippen LogP contribution >= 0.6 is 23.2 Å². The van der Waals surface area contributed by atoms with Crippen LogP contribution in [0.15, 0.2) is 60.7 Å². The average Bonchev–Trinajstić information content (AvgIpc) is 2.63. The van der Waals surface area contributed by atoms with Crippen LogP contribution in [0.25, 0.3) is 10.8 Å². The van der Waals surface area contributed by atoms with E-state index in [-0.39, 0.29) is 12.5 Å². The largest absolute Gasteiger partial charge is 0.484 e. The summed E-state index contributed by atoms with van der Waals surface area (Å²) in [6, 6.07) is 19.2. The average molecular weight is 374 g/mol. The van der Waals surface area contributed by atoms with Crippen molar-refractivity contribution in [1.82, 2.24) is 4.90 Å². The number of ether oxygens (including phenoxy) is 1. The van der Waals surface area contributed by atoms with Crippen LogP contribution in [0.1, 0.15) is 5.56 Å². The third kappa shape index (κ3) is 4.25. The maximum atomic E-state index is 12.3. The van der Waals surface area contributed by atoms with Crippen molar-refractivity contribution >= 4 is 39.9 Å². The first-order valence-corrected chi connectivity index (χ1v) is 8.58. The number of fused-ring (bicyclic) bond motifs is 1. The summed E-state index contributed by atoms with van der Waals surface area (Å²) in [6.45, 7) is 0.340. The second-order valence-electron chi connectivity index (χ2n) is 5.76. The van der Waals surface area contributed by atoms with E-state index in [1.807, 2.05) is 54.6 Å². The van der Waals surface area contributed by atoms with Gasteiger partial charge < -0.3 is 9.64 Å². The number of benzene rings is 3. The number of carbonyl (C=O) groups is 1. The van der Waals surface area contributed by atoms with E-state index in [1.165, 1.54) is 0 Å². The lowest BCUT2D eigenvalue weighted by Gasteiger charge is -2.18. The molecule has 0 aliphatic rings. The molecule has 0 unspecified atom stereocenters. The van der Waals surface area contributed by atoms with E-state index in [9.17, 15) is 4.79 Å². The number of rotatable bonds is 5. The van der Waals surface area contributed by atoms with Gasteiger partial charge >= 0.3 is 0 Å². The van der Waals surface area contributed by atoms with Gasteiger partial charge in [0.25, 0.3) is 5.91 Å². The number of likely N-dealkylation sites (N-methyl/N-ethyl adjacent to an activating group) is 1. The van der Waals surface area contributed by atoms with Crippen LogP contribution in [-0.2, 0) is 11.3 Å². The molecule has 3 rings (SSSR count). The van der Waals surface area contributed by atoms with Crippen molar-refractivity contribution in [2.24, 2.45) is 0 Å². The van der Waals surface area contributed by atoms with E-state index in [0.717, 1.165) is 16.3 Å². The summed E-state index contributed by atoms with van der Waals surface area (Å²) in [6.07, 6.45) is 0. The van der Waals surface area contributed by atoms with Crippen molar-refractivity contribution in [3.05, 3.63) is 76.3 Å². The Balaban J connectivity index is 1.62. The predicted molar refractivity (Wildman–Crippen MR) is 102 cm³/mol. The molecule has 0 atom stereocenters. The molecule has 0 radical (unpaired) electrons. The van der Waals surface area contributed by atoms with Crippen LogP contribution in [-0.4, -0.2) is 24.5 Å². The van der Waals surface area contributed by atoms with Gasteiger partial charge in [-0.2, -0.15) is 0 Å². The molecular formula is C20H17Cl2NO2. The molecule has 0 saturated carbocycles. The van der Waals surface area contributed by atoms with Gasteiger partial charge in [-0.3, -0.25) is 4.79 Å². The first-order chi connectivity index (χ1) is 12.0. The normalized spacial score (nSPS) is 10.7. The van der Waals surface area contributed by atoms with Gasteiger partial charge in [0, 0.05) is 13.6 Å². The molecular weight excluding hydrogens is 357 g/mol. The molecule has 0 spiro atoms. The van der Waals surface area contributed by atoms with Gasteiger partial charge in [-0.25, -0.2) is 0 Å². The Morgan fingerprint density at radius 3 is 2.56 bits per heavy atom. The van der Waals surface area contributed by atoms with E-state index in [0.29, 0.717) is 22.3 Å². The fraction of sp³-hybridized carbons (Fsp3) is 0.150. The van der Waals surface area contributed by atoms with Crippen LogP contribution < -0.4 is 4.74 Å². The highest BCUT2D eigenvalue weighted by Crippen LogP contribution is 2.26. The van der Waals surface area contributed by atoms with Crippen molar-refractivity contribution in [1.29, 1.82) is 0 Å². The molecule has 0 N–H and O–H groups in total. The van der Waals surface area contributed by atoms with Crippen molar-refractivity contribution in [3.8, 4) is 5.75 Å². The molecule has 3 aromatic carbocycles. The Kier molecular flexibility index (Phi) is 5.47. The van der Waals surface area contributed by atoms with Crippen LogP contribution in [0.2, 0.25) is 10.0 Å². The molecule has 3 aromatic rings. The Morgan fingerprint density at radius 2 is 1.76 bits per heavy atom. The molecule has 0 aliphatic heterocycles. The summed E-state index contributed by atoms with van der Waals surface area (Å²) in [5.41, 5.74) is 0.802. The third-order valence-electron chi connectivity index (χ3n) is 3.95. The smallest absolute Gasteiger partial charge is 0.260 e. The van der Waals surface area contributed by atoms with Gasteiger partial charge in [0.15, 0.2) is 6.61 Å². The fourth-order valence-corrected chi connectivity index (χ4v) is 2.91. The SMILES string of the molecule is CN(Cc1cccc(Cl)c1Cl)C(=O)COc1ccc2ccccc2c1. The highest BCUT2D eigenvalue weighted by Gasteiger charge is 2.13. The number of hydrogen-bond acceptors (Lipinski definition) is 2. The molecule has 0 fully saturated rings. The van der Waals surface area contributed by atoms with Crippen molar-refractivity contribution in [3.63, 3.8) is 0 Å². The Morgan fingerprint density at radius 1 is 1.00 bits per heavy atom. The second kappa shape index (κ2) is 7.77. The highest BCUT2D eigenvalue weighted by atomic mass is 35.5. The summed E-state index contributed by atoms with van der Waals surface area (Å²) in [5.74, 6) is 0.533. The van der Waals surface area contributed by atoms with Crippen LogP contribution in [0, 0.1) is 0 Å². The van der Waals surface area contributed by atoms with Gasteiger partial charge in [0.2, 0.25) is 0 Å². The molecule has 0 aliphatic carbocycles. The monoisotopic (exact) mass is 373 g/mol. The van der Waals surface area contributed by atoms with Gasteiger partial charge in [-0.1, -0.05) is 65.7 Å². The summed E-state index contributed by atoms with van der Waals surface area (Å²) in [4.78, 5) is 13.9. The van der Waals surface area contributed by atoms with Crippen LogP contribution in [0.5, 0.6) is 5.75 Å². The number of amides is 1. The van der Waals surface area contributed by atoms with E-state index < -0.39 is 0 Å². The fourth-order valence-electron chi connectivity index (χ4n) is 2.53. The van der Waals surface area contributed by atoms with Gasteiger partial charge in [0.05, 0.1) is 10.0 Å². The Labute approximate surface area is 156 Å². The maximum Gasteiger partial charge on any atom is 0.260 e. The molecule has 0 bridgehead atoms. The van der Waals surface area contributed by atoms with Crippen LogP contribution in [0.3, 0.4) is 0 Å². The van der Waals surface area contributed by atoms with Gasteiger partial charge in [0.1, 0.15) is 5.75 Å². The molecule has 5 heteroatoms. The van der Waals surface area contributed by atoms with Gasteiger partial charge in [-0.05, 0) is 34.5 Å². The van der Waals surface area contributed by atoms with Crippen molar-refractivity contribution in [2.75, 3.05) is 13.7 Å². The lowest BCUT2D eigenvalue weighted by molar-refractivity contribution is -0.132. The minimum Gasteiger partial charge on any atom is -0.484 e. The minimum atomic E-state index is -0.135. The van der Waals surface area contributed by atoms with E-state index in [4.69, 9.17) is 27.9 Å². The molecule has 0 saturated heterocycles. The molecule has 0 aromatic heterocycles. The Bertz CT molecular complexity index is 911. The summed E-state index contributed by atoms with van der Waals surface area (Å²) >= 11 is 12.2. The molecule has 1 amide bonds. The standard InChI is InChI=1S/C20H17Cl2NO2/c1-23(12-16-7-4-8-18(21)20(16)22)19(24)13-25-17-10-9-14-5-2-3-6-15(14)11-17/h2-11H,12-13H2,1H3. The number of hydrogen-bond donors (Lipinski definition) is 0. The Hall–Kier alpha value is -2.23. The first kappa shape index (κ1) is 17.6. The third-order valence-corrected chi connectivity index (χ3v) is 4.81. The lowest BCUT2D eigenvalue weighted by atomic mass is 10.1. The number of nitrogens with zero attached hydrogens (tertiary/aromatic N) is 1. The molecule has 0 heterocycles. The topological polar surface area (TPSA) is 29.5 Å². The molecule has 25 heavy (non-hydrogen) atoms. The maximum absolute atomic E-state index is 12.3. The molecule has 128 valence electrons. The summed E-state index contributed by atoms with van der Waals surface area (Å²) in [7, 11) is 1.71. The number of halogens is 2. The predicted octanol–water partition coefficient (Wildman–Crippen LogP) is 5.18. The lowest BCUT2D eigenvalue weighted by Crippen LogP contribution is -2.31. The summed E-state index contributed by atoms with van der Waals surface area (Å²) < 4.78 is 5.64. The molecule has 3 nitrogen and oxygen atoms in total. The van der Waals surface area contributed by atoms with E-state index in [1.54, 1.807) is 18.0 Å². The second-order valence-corrected chi connectivity index (χ2v) is 6.55. The highest BCUT2D eigenvalue weighted by molar-refractivity contribution is 6.42. The summed E-state index contributed by atoms with van der Waals surface area (Å²) in [5, 5.41) is 3.16. The first-order valence-electron chi connectivity index (χ1n) is 7.83. The van der Waals surface area contributed by atoms with Crippen LogP contribution in [0.4, 0.5) is 0 Å². The van der Waals surface area contributed by atoms with Crippen molar-refractivity contribution in [2.45, 2.75) is 6.54 Å². The van der Waals surface area contributed by atoms with Crippen molar-refractivity contribution < 1.29 is 9.53 Å². The van der Waals surface area contributed by atoms with Gasteiger partial charge in [-0.15, -0.1) is 0 Å². The van der Waals surface area contributed by atoms with E-state index >= 15 is 0 Å². The zero-order chi connectivity index (χ0) is 17.8.